The first-order valence-electron chi connectivity index (χ1n) is 5.24. The zero-order valence-electron chi connectivity index (χ0n) is 9.67. The Morgan fingerprint density at radius 2 is 1.47 bits per heavy atom. The summed E-state index contributed by atoms with van der Waals surface area (Å²) in [5, 5.41) is 2.08. The SMILES string of the molecule is CCC(Br)CNC(=O)c1c(F)c(F)c(F)c(F)c1F. The van der Waals surface area contributed by atoms with Crippen LogP contribution in [-0.4, -0.2) is 17.3 Å². The number of rotatable bonds is 4. The van der Waals surface area contributed by atoms with Gasteiger partial charge in [-0.1, -0.05) is 22.9 Å². The van der Waals surface area contributed by atoms with Crippen molar-refractivity contribution in [2.24, 2.45) is 0 Å². The van der Waals surface area contributed by atoms with Gasteiger partial charge >= 0.3 is 0 Å². The predicted molar refractivity (Wildman–Crippen MR) is 61.6 cm³/mol. The number of alkyl halides is 1. The van der Waals surface area contributed by atoms with E-state index in [1.165, 1.54) is 0 Å². The fourth-order valence-corrected chi connectivity index (χ4v) is 1.40. The van der Waals surface area contributed by atoms with Crippen LogP contribution in [0.1, 0.15) is 23.7 Å². The summed E-state index contributed by atoms with van der Waals surface area (Å²) in [6.45, 7) is 1.78. The summed E-state index contributed by atoms with van der Waals surface area (Å²) in [4.78, 5) is 11.3. The Morgan fingerprint density at radius 1 is 1.05 bits per heavy atom. The zero-order valence-corrected chi connectivity index (χ0v) is 11.3. The standard InChI is InChI=1S/C11H9BrF5NO/c1-2-4(12)3-18-11(19)5-6(13)8(15)10(17)9(16)7(5)14/h4H,2-3H2,1H3,(H,18,19). The summed E-state index contributed by atoms with van der Waals surface area (Å²) in [7, 11) is 0. The van der Waals surface area contributed by atoms with E-state index in [0.29, 0.717) is 6.42 Å². The quantitative estimate of drug-likeness (QED) is 0.386. The number of benzene rings is 1. The molecule has 19 heavy (non-hydrogen) atoms. The molecule has 0 saturated heterocycles. The molecule has 0 saturated carbocycles. The molecule has 8 heteroatoms. The lowest BCUT2D eigenvalue weighted by Crippen LogP contribution is -2.31. The summed E-state index contributed by atoms with van der Waals surface area (Å²) in [6, 6.07) is 0. The molecule has 0 fully saturated rings. The maximum absolute atomic E-state index is 13.3. The van der Waals surface area contributed by atoms with Crippen LogP contribution in [0.15, 0.2) is 0 Å². The molecule has 1 aromatic rings. The van der Waals surface area contributed by atoms with Crippen molar-refractivity contribution in [3.63, 3.8) is 0 Å². The van der Waals surface area contributed by atoms with E-state index < -0.39 is 40.6 Å². The third kappa shape index (κ3) is 3.23. The number of hydrogen-bond donors (Lipinski definition) is 1. The first-order chi connectivity index (χ1) is 8.81. The molecular weight excluding hydrogens is 337 g/mol. The molecule has 0 aliphatic carbocycles. The van der Waals surface area contributed by atoms with E-state index >= 15 is 0 Å². The van der Waals surface area contributed by atoms with Crippen LogP contribution >= 0.6 is 15.9 Å². The molecule has 1 N–H and O–H groups in total. The Bertz CT molecular complexity index is 479. The molecule has 0 heterocycles. The van der Waals surface area contributed by atoms with Gasteiger partial charge in [0.1, 0.15) is 5.56 Å². The van der Waals surface area contributed by atoms with Crippen LogP contribution in [0, 0.1) is 29.1 Å². The highest BCUT2D eigenvalue weighted by atomic mass is 79.9. The van der Waals surface area contributed by atoms with Crippen molar-refractivity contribution < 1.29 is 26.7 Å². The second kappa shape index (κ2) is 6.31. The highest BCUT2D eigenvalue weighted by Crippen LogP contribution is 2.22. The molecule has 1 amide bonds. The second-order valence-electron chi connectivity index (χ2n) is 3.66. The van der Waals surface area contributed by atoms with Gasteiger partial charge in [0.25, 0.3) is 5.91 Å². The molecule has 1 rings (SSSR count). The average molecular weight is 346 g/mol. The Kier molecular flexibility index (Phi) is 5.28. The van der Waals surface area contributed by atoms with Crippen molar-refractivity contribution in [3.8, 4) is 0 Å². The van der Waals surface area contributed by atoms with Crippen LogP contribution in [0.4, 0.5) is 22.0 Å². The lowest BCUT2D eigenvalue weighted by Gasteiger charge is -2.11. The van der Waals surface area contributed by atoms with Crippen molar-refractivity contribution in [2.45, 2.75) is 18.2 Å². The van der Waals surface area contributed by atoms with E-state index in [-0.39, 0.29) is 11.4 Å². The Labute approximate surface area is 114 Å². The minimum atomic E-state index is -2.29. The summed E-state index contributed by atoms with van der Waals surface area (Å²) >= 11 is 3.15. The lowest BCUT2D eigenvalue weighted by molar-refractivity contribution is 0.0942. The van der Waals surface area contributed by atoms with Crippen molar-refractivity contribution in [1.82, 2.24) is 5.32 Å². The zero-order chi connectivity index (χ0) is 14.7. The highest BCUT2D eigenvalue weighted by Gasteiger charge is 2.29. The number of carbonyl (C=O) groups is 1. The fourth-order valence-electron chi connectivity index (χ4n) is 1.24. The van der Waals surface area contributed by atoms with E-state index in [2.05, 4.69) is 21.2 Å². The maximum atomic E-state index is 13.3. The van der Waals surface area contributed by atoms with Crippen molar-refractivity contribution in [1.29, 1.82) is 0 Å². The molecule has 1 aromatic carbocycles. The van der Waals surface area contributed by atoms with Gasteiger partial charge < -0.3 is 5.32 Å². The molecule has 2 nitrogen and oxygen atoms in total. The number of halogens is 6. The highest BCUT2D eigenvalue weighted by molar-refractivity contribution is 9.09. The smallest absolute Gasteiger partial charge is 0.257 e. The fraction of sp³-hybridized carbons (Fsp3) is 0.364. The maximum Gasteiger partial charge on any atom is 0.257 e. The molecule has 0 aliphatic rings. The van der Waals surface area contributed by atoms with Crippen molar-refractivity contribution in [3.05, 3.63) is 34.6 Å². The molecule has 0 spiro atoms. The van der Waals surface area contributed by atoms with Gasteiger partial charge in [-0.15, -0.1) is 0 Å². The predicted octanol–water partition coefficient (Wildman–Crippen LogP) is 3.29. The number of carbonyl (C=O) groups excluding carboxylic acids is 1. The third-order valence-electron chi connectivity index (χ3n) is 2.36. The minimum Gasteiger partial charge on any atom is -0.351 e. The lowest BCUT2D eigenvalue weighted by atomic mass is 10.1. The molecule has 106 valence electrons. The largest absolute Gasteiger partial charge is 0.351 e. The molecular formula is C11H9BrF5NO. The van der Waals surface area contributed by atoms with E-state index in [4.69, 9.17) is 0 Å². The van der Waals surface area contributed by atoms with Crippen molar-refractivity contribution in [2.75, 3.05) is 6.54 Å². The first kappa shape index (κ1) is 15.9. The topological polar surface area (TPSA) is 29.1 Å². The Hall–Kier alpha value is -1.18. The first-order valence-corrected chi connectivity index (χ1v) is 6.16. The number of amides is 1. The van der Waals surface area contributed by atoms with E-state index in [1.807, 2.05) is 0 Å². The van der Waals surface area contributed by atoms with Crippen LogP contribution in [0.3, 0.4) is 0 Å². The van der Waals surface area contributed by atoms with Crippen LogP contribution in [0.5, 0.6) is 0 Å². The third-order valence-corrected chi connectivity index (χ3v) is 3.34. The van der Waals surface area contributed by atoms with Gasteiger partial charge in [0.2, 0.25) is 5.82 Å². The Morgan fingerprint density at radius 3 is 1.89 bits per heavy atom. The van der Waals surface area contributed by atoms with Crippen molar-refractivity contribution >= 4 is 21.8 Å². The Balaban J connectivity index is 3.10. The van der Waals surface area contributed by atoms with E-state index in [9.17, 15) is 26.7 Å². The molecule has 0 aromatic heterocycles. The average Bonchev–Trinajstić information content (AvgIpc) is 2.40. The van der Waals surface area contributed by atoms with Gasteiger partial charge in [-0.2, -0.15) is 0 Å². The second-order valence-corrected chi connectivity index (χ2v) is 4.96. The van der Waals surface area contributed by atoms with Crippen LogP contribution in [0.25, 0.3) is 0 Å². The van der Waals surface area contributed by atoms with Gasteiger partial charge in [-0.3, -0.25) is 4.79 Å². The van der Waals surface area contributed by atoms with Gasteiger partial charge in [-0.25, -0.2) is 22.0 Å². The summed E-state index contributed by atoms with van der Waals surface area (Å²) in [6.07, 6.45) is 0.609. The molecule has 0 radical (unpaired) electrons. The van der Waals surface area contributed by atoms with Gasteiger partial charge in [0.15, 0.2) is 23.3 Å². The van der Waals surface area contributed by atoms with E-state index in [0.717, 1.165) is 0 Å². The monoisotopic (exact) mass is 345 g/mol. The normalized spacial score (nSPS) is 12.4. The minimum absolute atomic E-state index is 0.00513. The van der Waals surface area contributed by atoms with Crippen LogP contribution < -0.4 is 5.32 Å². The van der Waals surface area contributed by atoms with Crippen LogP contribution in [0.2, 0.25) is 0 Å². The molecule has 1 atom stereocenters. The van der Waals surface area contributed by atoms with Gasteiger partial charge in [0, 0.05) is 11.4 Å². The molecule has 0 aliphatic heterocycles. The van der Waals surface area contributed by atoms with Gasteiger partial charge in [-0.05, 0) is 6.42 Å². The molecule has 1 unspecified atom stereocenters. The molecule has 0 bridgehead atoms. The van der Waals surface area contributed by atoms with Gasteiger partial charge in [0.05, 0.1) is 0 Å². The summed E-state index contributed by atoms with van der Waals surface area (Å²) in [5.74, 6) is -12.2. The van der Waals surface area contributed by atoms with E-state index in [1.54, 1.807) is 6.92 Å². The summed E-state index contributed by atoms with van der Waals surface area (Å²) < 4.78 is 65.0. The number of hydrogen-bond acceptors (Lipinski definition) is 1. The van der Waals surface area contributed by atoms with Crippen LogP contribution in [-0.2, 0) is 0 Å². The number of nitrogens with one attached hydrogen (secondary N) is 1. The summed E-state index contributed by atoms with van der Waals surface area (Å²) in [5.41, 5.74) is -1.48.